The van der Waals surface area contributed by atoms with Crippen LogP contribution in [0.5, 0.6) is 0 Å². The van der Waals surface area contributed by atoms with Gasteiger partial charge in [-0.2, -0.15) is 0 Å². The number of carbonyl (C=O) groups excluding carboxylic acids is 2. The minimum atomic E-state index is -1.06. The third kappa shape index (κ3) is 3.79. The highest BCUT2D eigenvalue weighted by molar-refractivity contribution is 6.39. The van der Waals surface area contributed by atoms with Crippen LogP contribution in [0.2, 0.25) is 0 Å². The van der Waals surface area contributed by atoms with E-state index in [1.165, 1.54) is 0 Å². The van der Waals surface area contributed by atoms with Gasteiger partial charge in [0.25, 0.3) is 0 Å². The van der Waals surface area contributed by atoms with Gasteiger partial charge in [-0.1, -0.05) is 17.7 Å². The first-order chi connectivity index (χ1) is 9.97. The van der Waals surface area contributed by atoms with Crippen molar-refractivity contribution < 1.29 is 24.2 Å². The van der Waals surface area contributed by atoms with Crippen molar-refractivity contribution in [1.82, 2.24) is 5.32 Å². The predicted octanol–water partition coefficient (Wildman–Crippen LogP) is 0.149. The molecule has 0 bridgehead atoms. The van der Waals surface area contributed by atoms with Gasteiger partial charge < -0.3 is 20.5 Å². The topological polar surface area (TPSA) is 105 Å². The van der Waals surface area contributed by atoms with Crippen LogP contribution >= 0.6 is 0 Å². The summed E-state index contributed by atoms with van der Waals surface area (Å²) in [5, 5.41) is 13.8. The molecule has 1 heterocycles. The zero-order valence-corrected chi connectivity index (χ0v) is 11.5. The maximum atomic E-state index is 11.8. The summed E-state index contributed by atoms with van der Waals surface area (Å²) in [5.41, 5.74) is 1.53. The molecule has 7 heteroatoms. The zero-order chi connectivity index (χ0) is 15.4. The maximum absolute atomic E-state index is 11.8. The van der Waals surface area contributed by atoms with Crippen LogP contribution in [-0.2, 0) is 19.1 Å². The molecular formula is C14H16N2O5. The number of benzene rings is 1. The van der Waals surface area contributed by atoms with Gasteiger partial charge >= 0.3 is 17.8 Å². The standard InChI is InChI=1S/C14H16N2O5/c1-8-2-4-9(5-3-8)15-12(17)13(18)16-11-7-21-6-10(11)14(19)20/h2-5,10-11H,6-7H2,1H3,(H,15,17)(H,16,18)(H,19,20). The Kier molecular flexibility index (Phi) is 4.54. The Morgan fingerprint density at radius 2 is 1.81 bits per heavy atom. The first-order valence-corrected chi connectivity index (χ1v) is 6.46. The number of ether oxygens (including phenoxy) is 1. The lowest BCUT2D eigenvalue weighted by Crippen LogP contribution is -2.46. The van der Waals surface area contributed by atoms with E-state index in [9.17, 15) is 14.4 Å². The fourth-order valence-corrected chi connectivity index (χ4v) is 2.00. The molecule has 112 valence electrons. The molecule has 2 atom stereocenters. The van der Waals surface area contributed by atoms with Crippen molar-refractivity contribution in [2.45, 2.75) is 13.0 Å². The Balaban J connectivity index is 1.92. The van der Waals surface area contributed by atoms with Crippen molar-refractivity contribution in [3.8, 4) is 0 Å². The van der Waals surface area contributed by atoms with E-state index in [2.05, 4.69) is 10.6 Å². The summed E-state index contributed by atoms with van der Waals surface area (Å²) >= 11 is 0. The zero-order valence-electron chi connectivity index (χ0n) is 11.5. The molecule has 1 aromatic rings. The van der Waals surface area contributed by atoms with Crippen LogP contribution in [0.3, 0.4) is 0 Å². The number of carbonyl (C=O) groups is 3. The smallest absolute Gasteiger partial charge is 0.313 e. The molecule has 2 unspecified atom stereocenters. The largest absolute Gasteiger partial charge is 0.481 e. The lowest BCUT2D eigenvalue weighted by molar-refractivity contribution is -0.143. The first-order valence-electron chi connectivity index (χ1n) is 6.46. The van der Waals surface area contributed by atoms with E-state index >= 15 is 0 Å². The first kappa shape index (κ1) is 15.0. The van der Waals surface area contributed by atoms with Gasteiger partial charge in [0.2, 0.25) is 0 Å². The van der Waals surface area contributed by atoms with Crippen molar-refractivity contribution >= 4 is 23.5 Å². The van der Waals surface area contributed by atoms with Crippen LogP contribution in [0, 0.1) is 12.8 Å². The monoisotopic (exact) mass is 292 g/mol. The number of carboxylic acid groups (broad SMARTS) is 1. The van der Waals surface area contributed by atoms with Crippen LogP contribution in [0.4, 0.5) is 5.69 Å². The fourth-order valence-electron chi connectivity index (χ4n) is 2.00. The fraction of sp³-hybridized carbons (Fsp3) is 0.357. The quantitative estimate of drug-likeness (QED) is 0.688. The lowest BCUT2D eigenvalue weighted by atomic mass is 10.0. The van der Waals surface area contributed by atoms with Gasteiger partial charge in [0.1, 0.15) is 5.92 Å². The molecule has 1 saturated heterocycles. The van der Waals surface area contributed by atoms with Crippen LogP contribution in [0.25, 0.3) is 0 Å². The number of aryl methyl sites for hydroxylation is 1. The molecule has 7 nitrogen and oxygen atoms in total. The van der Waals surface area contributed by atoms with Gasteiger partial charge in [-0.3, -0.25) is 14.4 Å². The molecule has 0 aliphatic carbocycles. The Bertz CT molecular complexity index is 555. The summed E-state index contributed by atoms with van der Waals surface area (Å²) in [6.45, 7) is 2.02. The highest BCUT2D eigenvalue weighted by Crippen LogP contribution is 2.14. The summed E-state index contributed by atoms with van der Waals surface area (Å²) in [6, 6.07) is 6.27. The molecule has 2 amide bonds. The van der Waals surface area contributed by atoms with Gasteiger partial charge in [-0.15, -0.1) is 0 Å². The minimum absolute atomic E-state index is 0.0276. The van der Waals surface area contributed by atoms with E-state index in [1.807, 2.05) is 6.92 Å². The Hall–Kier alpha value is -2.41. The van der Waals surface area contributed by atoms with Crippen molar-refractivity contribution in [3.63, 3.8) is 0 Å². The van der Waals surface area contributed by atoms with Crippen molar-refractivity contribution in [3.05, 3.63) is 29.8 Å². The van der Waals surface area contributed by atoms with Crippen LogP contribution in [0.1, 0.15) is 5.56 Å². The summed E-state index contributed by atoms with van der Waals surface area (Å²) in [7, 11) is 0. The Morgan fingerprint density at radius 1 is 1.14 bits per heavy atom. The number of carboxylic acids is 1. The molecule has 0 aromatic heterocycles. The van der Waals surface area contributed by atoms with Crippen molar-refractivity contribution in [2.75, 3.05) is 18.5 Å². The van der Waals surface area contributed by atoms with Crippen LogP contribution < -0.4 is 10.6 Å². The molecule has 0 spiro atoms. The number of rotatable bonds is 3. The van der Waals surface area contributed by atoms with Crippen molar-refractivity contribution in [1.29, 1.82) is 0 Å². The second kappa shape index (κ2) is 6.36. The third-order valence-corrected chi connectivity index (χ3v) is 3.23. The summed E-state index contributed by atoms with van der Waals surface area (Å²) in [5.74, 6) is -3.61. The molecule has 0 radical (unpaired) electrons. The second-order valence-corrected chi connectivity index (χ2v) is 4.88. The number of hydrogen-bond donors (Lipinski definition) is 3. The molecule has 1 fully saturated rings. The molecule has 1 aliphatic rings. The number of anilines is 1. The van der Waals surface area contributed by atoms with E-state index < -0.39 is 29.7 Å². The SMILES string of the molecule is Cc1ccc(NC(=O)C(=O)NC2COCC2C(=O)O)cc1. The molecule has 1 aliphatic heterocycles. The second-order valence-electron chi connectivity index (χ2n) is 4.88. The third-order valence-electron chi connectivity index (χ3n) is 3.23. The highest BCUT2D eigenvalue weighted by Gasteiger charge is 2.36. The van der Waals surface area contributed by atoms with Crippen molar-refractivity contribution in [2.24, 2.45) is 5.92 Å². The molecule has 3 N–H and O–H groups in total. The summed E-state index contributed by atoms with van der Waals surface area (Å²) < 4.78 is 5.02. The van der Waals surface area contributed by atoms with E-state index in [1.54, 1.807) is 24.3 Å². The lowest BCUT2D eigenvalue weighted by Gasteiger charge is -2.15. The molecule has 2 rings (SSSR count). The number of aliphatic carboxylic acids is 1. The van der Waals surface area contributed by atoms with E-state index in [0.29, 0.717) is 5.69 Å². The van der Waals surface area contributed by atoms with Gasteiger partial charge in [0.15, 0.2) is 0 Å². The Morgan fingerprint density at radius 3 is 2.43 bits per heavy atom. The van der Waals surface area contributed by atoms with E-state index in [0.717, 1.165) is 5.56 Å². The van der Waals surface area contributed by atoms with Gasteiger partial charge in [-0.05, 0) is 19.1 Å². The average molecular weight is 292 g/mol. The molecule has 0 saturated carbocycles. The summed E-state index contributed by atoms with van der Waals surface area (Å²) in [6.07, 6.45) is 0. The van der Waals surface area contributed by atoms with Crippen LogP contribution in [-0.4, -0.2) is 42.1 Å². The van der Waals surface area contributed by atoms with E-state index in [4.69, 9.17) is 9.84 Å². The molecule has 1 aromatic carbocycles. The number of amides is 2. The van der Waals surface area contributed by atoms with Gasteiger partial charge in [0, 0.05) is 5.69 Å². The number of nitrogens with one attached hydrogen (secondary N) is 2. The van der Waals surface area contributed by atoms with Gasteiger partial charge in [-0.25, -0.2) is 0 Å². The molecule has 21 heavy (non-hydrogen) atoms. The minimum Gasteiger partial charge on any atom is -0.481 e. The highest BCUT2D eigenvalue weighted by atomic mass is 16.5. The number of hydrogen-bond acceptors (Lipinski definition) is 4. The normalized spacial score (nSPS) is 20.8. The van der Waals surface area contributed by atoms with E-state index in [-0.39, 0.29) is 13.2 Å². The molecular weight excluding hydrogens is 276 g/mol. The Labute approximate surface area is 121 Å². The van der Waals surface area contributed by atoms with Crippen LogP contribution in [0.15, 0.2) is 24.3 Å². The maximum Gasteiger partial charge on any atom is 0.313 e. The predicted molar refractivity (Wildman–Crippen MR) is 73.7 cm³/mol. The summed E-state index contributed by atoms with van der Waals surface area (Å²) in [4.78, 5) is 34.5. The average Bonchev–Trinajstić information content (AvgIpc) is 2.89. The van der Waals surface area contributed by atoms with Gasteiger partial charge in [0.05, 0.1) is 19.3 Å².